The van der Waals surface area contributed by atoms with Crippen molar-refractivity contribution in [2.24, 2.45) is 5.92 Å². The van der Waals surface area contributed by atoms with Crippen molar-refractivity contribution in [1.82, 2.24) is 15.2 Å². The summed E-state index contributed by atoms with van der Waals surface area (Å²) in [6, 6.07) is 1.93. The molecule has 1 aliphatic heterocycles. The predicted molar refractivity (Wildman–Crippen MR) is 80.8 cm³/mol. The van der Waals surface area contributed by atoms with Gasteiger partial charge in [0.2, 0.25) is 0 Å². The summed E-state index contributed by atoms with van der Waals surface area (Å²) in [5.41, 5.74) is 1.74. The Hall–Kier alpha value is -1.42. The summed E-state index contributed by atoms with van der Waals surface area (Å²) in [5, 5.41) is 3.42. The van der Waals surface area contributed by atoms with Crippen molar-refractivity contribution in [3.05, 3.63) is 29.6 Å². The normalized spacial score (nSPS) is 18.8. The van der Waals surface area contributed by atoms with E-state index in [0.717, 1.165) is 38.2 Å². The molecule has 1 saturated heterocycles. The SMILES string of the molecule is CCCN(CC1CCCNC1)C(=O)c1cncc(C)c1. The summed E-state index contributed by atoms with van der Waals surface area (Å²) < 4.78 is 0. The van der Waals surface area contributed by atoms with Gasteiger partial charge in [0, 0.05) is 25.5 Å². The van der Waals surface area contributed by atoms with E-state index in [1.807, 2.05) is 17.9 Å². The number of aryl methyl sites for hydroxylation is 1. The smallest absolute Gasteiger partial charge is 0.255 e. The number of carbonyl (C=O) groups excluding carboxylic acids is 1. The highest BCUT2D eigenvalue weighted by Gasteiger charge is 2.21. The number of hydrogen-bond donors (Lipinski definition) is 1. The Morgan fingerprint density at radius 3 is 3.00 bits per heavy atom. The average molecular weight is 275 g/mol. The maximum atomic E-state index is 12.6. The number of nitrogens with one attached hydrogen (secondary N) is 1. The van der Waals surface area contributed by atoms with Gasteiger partial charge in [-0.25, -0.2) is 0 Å². The number of rotatable bonds is 5. The number of piperidine rings is 1. The van der Waals surface area contributed by atoms with Crippen molar-refractivity contribution < 1.29 is 4.79 Å². The molecule has 110 valence electrons. The minimum Gasteiger partial charge on any atom is -0.338 e. The number of carbonyl (C=O) groups is 1. The molecule has 4 nitrogen and oxygen atoms in total. The molecule has 1 aromatic rings. The van der Waals surface area contributed by atoms with Crippen LogP contribution in [0.1, 0.15) is 42.1 Å². The third kappa shape index (κ3) is 4.04. The summed E-state index contributed by atoms with van der Waals surface area (Å²) in [7, 11) is 0. The molecule has 0 saturated carbocycles. The molecule has 2 heterocycles. The van der Waals surface area contributed by atoms with Gasteiger partial charge in [-0.1, -0.05) is 6.92 Å². The van der Waals surface area contributed by atoms with Crippen LogP contribution in [-0.4, -0.2) is 42.0 Å². The first-order valence-electron chi connectivity index (χ1n) is 7.62. The maximum Gasteiger partial charge on any atom is 0.255 e. The number of hydrogen-bond acceptors (Lipinski definition) is 3. The lowest BCUT2D eigenvalue weighted by atomic mass is 9.98. The number of nitrogens with zero attached hydrogens (tertiary/aromatic N) is 2. The molecule has 0 radical (unpaired) electrons. The van der Waals surface area contributed by atoms with E-state index in [-0.39, 0.29) is 5.91 Å². The van der Waals surface area contributed by atoms with E-state index in [1.54, 1.807) is 12.4 Å². The molecule has 0 aromatic carbocycles. The fraction of sp³-hybridized carbons (Fsp3) is 0.625. The van der Waals surface area contributed by atoms with Crippen LogP contribution in [0.15, 0.2) is 18.5 Å². The molecule has 1 amide bonds. The first kappa shape index (κ1) is 15.0. The van der Waals surface area contributed by atoms with Gasteiger partial charge in [-0.15, -0.1) is 0 Å². The molecule has 0 bridgehead atoms. The Labute approximate surface area is 121 Å². The zero-order valence-electron chi connectivity index (χ0n) is 12.6. The van der Waals surface area contributed by atoms with E-state index >= 15 is 0 Å². The molecular weight excluding hydrogens is 250 g/mol. The topological polar surface area (TPSA) is 45.2 Å². The largest absolute Gasteiger partial charge is 0.338 e. The Morgan fingerprint density at radius 1 is 1.50 bits per heavy atom. The Kier molecular flexibility index (Phi) is 5.53. The summed E-state index contributed by atoms with van der Waals surface area (Å²) >= 11 is 0. The molecule has 2 rings (SSSR count). The zero-order valence-corrected chi connectivity index (χ0v) is 12.6. The standard InChI is InChI=1S/C16H25N3O/c1-3-7-19(12-14-5-4-6-17-10-14)16(20)15-8-13(2)9-18-11-15/h8-9,11,14,17H,3-7,10,12H2,1-2H3. The molecule has 0 spiro atoms. The number of aromatic nitrogens is 1. The van der Waals surface area contributed by atoms with Crippen LogP contribution >= 0.6 is 0 Å². The molecule has 4 heteroatoms. The fourth-order valence-corrected chi connectivity index (χ4v) is 2.79. The molecule has 1 fully saturated rings. The van der Waals surface area contributed by atoms with E-state index in [9.17, 15) is 4.79 Å². The molecular formula is C16H25N3O. The summed E-state index contributed by atoms with van der Waals surface area (Å²) in [4.78, 5) is 18.8. The van der Waals surface area contributed by atoms with Crippen LogP contribution < -0.4 is 5.32 Å². The molecule has 1 atom stereocenters. The average Bonchev–Trinajstić information content (AvgIpc) is 2.47. The van der Waals surface area contributed by atoms with Gasteiger partial charge in [0.15, 0.2) is 0 Å². The van der Waals surface area contributed by atoms with E-state index in [0.29, 0.717) is 11.5 Å². The molecule has 20 heavy (non-hydrogen) atoms. The van der Waals surface area contributed by atoms with Crippen molar-refractivity contribution in [1.29, 1.82) is 0 Å². The van der Waals surface area contributed by atoms with Crippen LogP contribution in [-0.2, 0) is 0 Å². The van der Waals surface area contributed by atoms with Crippen molar-refractivity contribution in [2.45, 2.75) is 33.1 Å². The van der Waals surface area contributed by atoms with Crippen LogP contribution in [0, 0.1) is 12.8 Å². The van der Waals surface area contributed by atoms with E-state index in [1.165, 1.54) is 12.8 Å². The van der Waals surface area contributed by atoms with Crippen LogP contribution in [0.5, 0.6) is 0 Å². The van der Waals surface area contributed by atoms with E-state index < -0.39 is 0 Å². The van der Waals surface area contributed by atoms with Crippen molar-refractivity contribution in [3.8, 4) is 0 Å². The van der Waals surface area contributed by atoms with Crippen LogP contribution in [0.2, 0.25) is 0 Å². The quantitative estimate of drug-likeness (QED) is 0.896. The van der Waals surface area contributed by atoms with Crippen LogP contribution in [0.25, 0.3) is 0 Å². The first-order chi connectivity index (χ1) is 9.70. The minimum atomic E-state index is 0.119. The van der Waals surface area contributed by atoms with Crippen molar-refractivity contribution in [3.63, 3.8) is 0 Å². The van der Waals surface area contributed by atoms with Gasteiger partial charge >= 0.3 is 0 Å². The van der Waals surface area contributed by atoms with Crippen LogP contribution in [0.4, 0.5) is 0 Å². The molecule has 0 aliphatic carbocycles. The van der Waals surface area contributed by atoms with Crippen LogP contribution in [0.3, 0.4) is 0 Å². The van der Waals surface area contributed by atoms with Crippen molar-refractivity contribution in [2.75, 3.05) is 26.2 Å². The fourth-order valence-electron chi connectivity index (χ4n) is 2.79. The zero-order chi connectivity index (χ0) is 14.4. The predicted octanol–water partition coefficient (Wildman–Crippen LogP) is 2.24. The third-order valence-electron chi connectivity index (χ3n) is 3.78. The van der Waals surface area contributed by atoms with Crippen molar-refractivity contribution >= 4 is 5.91 Å². The lowest BCUT2D eigenvalue weighted by Gasteiger charge is -2.30. The van der Waals surface area contributed by atoms with E-state index in [4.69, 9.17) is 0 Å². The Morgan fingerprint density at radius 2 is 2.35 bits per heavy atom. The highest BCUT2D eigenvalue weighted by atomic mass is 16.2. The lowest BCUT2D eigenvalue weighted by Crippen LogP contribution is -2.41. The summed E-state index contributed by atoms with van der Waals surface area (Å²) in [6.07, 6.45) is 6.88. The molecule has 1 N–H and O–H groups in total. The second-order valence-electron chi connectivity index (χ2n) is 5.71. The second kappa shape index (κ2) is 7.39. The Bertz CT molecular complexity index is 441. The van der Waals surface area contributed by atoms with Gasteiger partial charge in [0.1, 0.15) is 0 Å². The van der Waals surface area contributed by atoms with Gasteiger partial charge < -0.3 is 10.2 Å². The highest BCUT2D eigenvalue weighted by Crippen LogP contribution is 2.14. The van der Waals surface area contributed by atoms with Gasteiger partial charge in [-0.2, -0.15) is 0 Å². The second-order valence-corrected chi connectivity index (χ2v) is 5.71. The molecule has 1 aliphatic rings. The van der Waals surface area contributed by atoms with Gasteiger partial charge in [0.25, 0.3) is 5.91 Å². The minimum absolute atomic E-state index is 0.119. The third-order valence-corrected chi connectivity index (χ3v) is 3.78. The highest BCUT2D eigenvalue weighted by molar-refractivity contribution is 5.94. The first-order valence-corrected chi connectivity index (χ1v) is 7.62. The molecule has 1 unspecified atom stereocenters. The lowest BCUT2D eigenvalue weighted by molar-refractivity contribution is 0.0718. The van der Waals surface area contributed by atoms with Gasteiger partial charge in [-0.05, 0) is 56.8 Å². The van der Waals surface area contributed by atoms with E-state index in [2.05, 4.69) is 17.2 Å². The summed E-state index contributed by atoms with van der Waals surface area (Å²) in [6.45, 7) is 7.91. The number of pyridine rings is 1. The van der Waals surface area contributed by atoms with Gasteiger partial charge in [0.05, 0.1) is 5.56 Å². The Balaban J connectivity index is 2.04. The monoisotopic (exact) mass is 275 g/mol. The molecule has 1 aromatic heterocycles. The maximum absolute atomic E-state index is 12.6. The number of amides is 1. The summed E-state index contributed by atoms with van der Waals surface area (Å²) in [5.74, 6) is 0.700. The van der Waals surface area contributed by atoms with Gasteiger partial charge in [-0.3, -0.25) is 9.78 Å².